The average molecular weight is 673 g/mol. The zero-order valence-corrected chi connectivity index (χ0v) is 27.6. The summed E-state index contributed by atoms with van der Waals surface area (Å²) >= 11 is 7.10. The minimum atomic E-state index is -0.339. The van der Waals surface area contributed by atoms with Crippen LogP contribution in [0.5, 0.6) is 17.2 Å². The number of benzene rings is 3. The number of halogens is 1. The highest BCUT2D eigenvalue weighted by Crippen LogP contribution is 2.35. The molecule has 0 radical (unpaired) electrons. The first-order chi connectivity index (χ1) is 22.8. The van der Waals surface area contributed by atoms with E-state index in [0.29, 0.717) is 61.9 Å². The van der Waals surface area contributed by atoms with Crippen LogP contribution in [0.3, 0.4) is 0 Å². The van der Waals surface area contributed by atoms with Gasteiger partial charge in [0, 0.05) is 16.3 Å². The molecular weight excluding hydrogens is 640 g/mol. The first-order valence-corrected chi connectivity index (χ1v) is 15.9. The number of nitrogens with zero attached hydrogens (tertiary/aromatic N) is 3. The van der Waals surface area contributed by atoms with Crippen LogP contribution in [-0.4, -0.2) is 48.4 Å². The number of carbonyl (C=O) groups is 2. The molecule has 0 unspecified atom stereocenters. The lowest BCUT2D eigenvalue weighted by atomic mass is 10.2. The summed E-state index contributed by atoms with van der Waals surface area (Å²) in [4.78, 5) is 28.1. The molecule has 1 aromatic heterocycles. The Morgan fingerprint density at radius 1 is 1.02 bits per heavy atom. The van der Waals surface area contributed by atoms with Gasteiger partial charge in [0.1, 0.15) is 11.5 Å². The number of anilines is 1. The fourth-order valence-corrected chi connectivity index (χ4v) is 5.36. The maximum Gasteiger partial charge on any atom is 0.267 e. The van der Waals surface area contributed by atoms with Crippen LogP contribution in [0.25, 0.3) is 6.08 Å². The number of carbonyl (C=O) groups excluding carboxylic acids is 2. The minimum absolute atomic E-state index is 0.170. The molecule has 12 heteroatoms. The standard InChI is InChI=1S/C35H33ClN4O6S/c1-23(2)21-45-30-15-10-24(17-31(30)43-3)19-37-39-35-40(20-28-8-6-16-44-28)34(42)32(47-35)18-25-7-4-5-9-29(25)46-22-33(41)38-27-13-11-26(36)12-14-27/h4-19,23H,20-22H2,1-3H3,(H,38,41)/b32-18-,37-19-,39-35+. The Kier molecular flexibility index (Phi) is 11.4. The monoisotopic (exact) mass is 672 g/mol. The Morgan fingerprint density at radius 2 is 1.83 bits per heavy atom. The second-order valence-corrected chi connectivity index (χ2v) is 12.2. The second-order valence-electron chi connectivity index (χ2n) is 10.7. The quantitative estimate of drug-likeness (QED) is 0.0888. The largest absolute Gasteiger partial charge is 0.493 e. The van der Waals surface area contributed by atoms with Gasteiger partial charge in [0.05, 0.1) is 37.6 Å². The highest BCUT2D eigenvalue weighted by Gasteiger charge is 2.34. The molecule has 0 spiro atoms. The van der Waals surface area contributed by atoms with Crippen molar-refractivity contribution in [3.05, 3.63) is 112 Å². The van der Waals surface area contributed by atoms with Crippen LogP contribution < -0.4 is 19.5 Å². The molecule has 1 saturated heterocycles. The van der Waals surface area contributed by atoms with E-state index in [2.05, 4.69) is 29.4 Å². The number of methoxy groups -OCH3 is 1. The van der Waals surface area contributed by atoms with Gasteiger partial charge in [-0.05, 0) is 90.0 Å². The van der Waals surface area contributed by atoms with Crippen molar-refractivity contribution in [2.45, 2.75) is 20.4 Å². The summed E-state index contributed by atoms with van der Waals surface area (Å²) in [6, 6.07) is 23.0. The van der Waals surface area contributed by atoms with E-state index >= 15 is 0 Å². The van der Waals surface area contributed by atoms with Gasteiger partial charge in [-0.1, -0.05) is 43.6 Å². The van der Waals surface area contributed by atoms with Crippen LogP contribution in [-0.2, 0) is 16.1 Å². The Labute approximate surface area is 282 Å². The number of amides is 2. The fourth-order valence-electron chi connectivity index (χ4n) is 4.31. The van der Waals surface area contributed by atoms with Gasteiger partial charge in [-0.2, -0.15) is 5.10 Å². The van der Waals surface area contributed by atoms with Gasteiger partial charge < -0.3 is 23.9 Å². The molecule has 3 aromatic carbocycles. The molecule has 4 aromatic rings. The SMILES string of the molecule is COc1cc(/C=N\N=C2\S/C(=C\c3ccccc3OCC(=O)Nc3ccc(Cl)cc3)C(=O)N2Cc2ccco2)ccc1OCC(C)C. The smallest absolute Gasteiger partial charge is 0.267 e. The van der Waals surface area contributed by atoms with Gasteiger partial charge in [-0.25, -0.2) is 0 Å². The molecule has 2 amide bonds. The molecule has 0 saturated carbocycles. The van der Waals surface area contributed by atoms with Crippen LogP contribution in [0.1, 0.15) is 30.7 Å². The predicted molar refractivity (Wildman–Crippen MR) is 185 cm³/mol. The fraction of sp³-hybridized carbons (Fsp3) is 0.200. The van der Waals surface area contributed by atoms with E-state index in [1.165, 1.54) is 16.7 Å². The molecule has 0 aliphatic carbocycles. The van der Waals surface area contributed by atoms with E-state index in [1.807, 2.05) is 24.3 Å². The number of ether oxygens (including phenoxy) is 3. The third kappa shape index (κ3) is 9.27. The van der Waals surface area contributed by atoms with Crippen molar-refractivity contribution in [1.29, 1.82) is 0 Å². The number of hydrogen-bond acceptors (Lipinski definition) is 9. The summed E-state index contributed by atoms with van der Waals surface area (Å²) in [5.41, 5.74) is 1.97. The number of amidine groups is 1. The Morgan fingerprint density at radius 3 is 2.57 bits per heavy atom. The molecule has 2 heterocycles. The molecule has 1 aliphatic rings. The maximum atomic E-state index is 13.6. The number of furan rings is 1. The molecule has 1 N–H and O–H groups in total. The van der Waals surface area contributed by atoms with Crippen LogP contribution in [0.15, 0.2) is 105 Å². The molecule has 1 fully saturated rings. The maximum absolute atomic E-state index is 13.6. The highest BCUT2D eigenvalue weighted by molar-refractivity contribution is 8.18. The van der Waals surface area contributed by atoms with Gasteiger partial charge in [0.2, 0.25) is 0 Å². The van der Waals surface area contributed by atoms with Crippen molar-refractivity contribution in [3.8, 4) is 17.2 Å². The van der Waals surface area contributed by atoms with Crippen molar-refractivity contribution in [3.63, 3.8) is 0 Å². The van der Waals surface area contributed by atoms with E-state index < -0.39 is 0 Å². The molecule has 0 atom stereocenters. The summed E-state index contributed by atoms with van der Waals surface area (Å²) in [5, 5.41) is 12.4. The van der Waals surface area contributed by atoms with Crippen LogP contribution in [0.4, 0.5) is 5.69 Å². The molecule has 5 rings (SSSR count). The van der Waals surface area contributed by atoms with Gasteiger partial charge in [0.15, 0.2) is 23.3 Å². The van der Waals surface area contributed by atoms with E-state index in [0.717, 1.165) is 5.56 Å². The van der Waals surface area contributed by atoms with Gasteiger partial charge >= 0.3 is 0 Å². The molecule has 10 nitrogen and oxygen atoms in total. The molecule has 47 heavy (non-hydrogen) atoms. The zero-order valence-electron chi connectivity index (χ0n) is 26.0. The Balaban J connectivity index is 1.33. The topological polar surface area (TPSA) is 115 Å². The first-order valence-electron chi connectivity index (χ1n) is 14.7. The number of rotatable bonds is 13. The van der Waals surface area contributed by atoms with E-state index in [9.17, 15) is 9.59 Å². The summed E-state index contributed by atoms with van der Waals surface area (Å²) in [6.45, 7) is 4.66. The summed E-state index contributed by atoms with van der Waals surface area (Å²) < 4.78 is 22.7. The third-order valence-corrected chi connectivity index (χ3v) is 7.83. The number of thioether (sulfide) groups is 1. The van der Waals surface area contributed by atoms with Crippen LogP contribution >= 0.6 is 23.4 Å². The number of para-hydroxylation sites is 1. The van der Waals surface area contributed by atoms with Crippen LogP contribution in [0.2, 0.25) is 5.02 Å². The van der Waals surface area contributed by atoms with Crippen molar-refractivity contribution >= 4 is 58.3 Å². The number of nitrogens with one attached hydrogen (secondary N) is 1. The van der Waals surface area contributed by atoms with Gasteiger partial charge in [0.25, 0.3) is 11.8 Å². The van der Waals surface area contributed by atoms with E-state index in [4.69, 9.17) is 30.2 Å². The van der Waals surface area contributed by atoms with E-state index in [1.54, 1.807) is 80.3 Å². The van der Waals surface area contributed by atoms with E-state index in [-0.39, 0.29) is 25.0 Å². The Bertz CT molecular complexity index is 1790. The third-order valence-electron chi connectivity index (χ3n) is 6.58. The summed E-state index contributed by atoms with van der Waals surface area (Å²) in [7, 11) is 1.58. The van der Waals surface area contributed by atoms with Gasteiger partial charge in [-0.3, -0.25) is 14.5 Å². The lowest BCUT2D eigenvalue weighted by Crippen LogP contribution is -2.28. The summed E-state index contributed by atoms with van der Waals surface area (Å²) in [6.07, 6.45) is 4.84. The average Bonchev–Trinajstić information content (AvgIpc) is 3.69. The number of hydrogen-bond donors (Lipinski definition) is 1. The molecule has 242 valence electrons. The molecule has 0 bridgehead atoms. The Hall–Kier alpha value is -5.00. The molecular formula is C35H33ClN4O6S. The molecule has 1 aliphatic heterocycles. The van der Waals surface area contributed by atoms with Crippen LogP contribution in [0, 0.1) is 5.92 Å². The van der Waals surface area contributed by atoms with Crippen molar-refractivity contribution in [2.24, 2.45) is 16.1 Å². The zero-order chi connectivity index (χ0) is 33.2. The summed E-state index contributed by atoms with van der Waals surface area (Å²) in [5.74, 6) is 2.02. The minimum Gasteiger partial charge on any atom is -0.493 e. The lowest BCUT2D eigenvalue weighted by Gasteiger charge is -2.13. The normalized spacial score (nSPS) is 14.8. The lowest BCUT2D eigenvalue weighted by molar-refractivity contribution is -0.122. The van der Waals surface area contributed by atoms with Gasteiger partial charge in [-0.15, -0.1) is 5.10 Å². The predicted octanol–water partition coefficient (Wildman–Crippen LogP) is 7.50. The highest BCUT2D eigenvalue weighted by atomic mass is 35.5. The van der Waals surface area contributed by atoms with Crippen molar-refractivity contribution in [2.75, 3.05) is 25.6 Å². The second kappa shape index (κ2) is 16.0. The van der Waals surface area contributed by atoms with Crippen molar-refractivity contribution in [1.82, 2.24) is 4.90 Å². The van der Waals surface area contributed by atoms with Crippen molar-refractivity contribution < 1.29 is 28.2 Å². The first kappa shape index (κ1) is 33.4.